The van der Waals surface area contributed by atoms with Gasteiger partial charge >= 0.3 is 0 Å². The number of thiazole rings is 1. The highest BCUT2D eigenvalue weighted by molar-refractivity contribution is 7.89. The SMILES string of the molecule is Cc1ccc(S(=O)(=O)N(CC(=O)Nc2nccs2)Cc2ccco2)cc1. The van der Waals surface area contributed by atoms with Crippen LogP contribution in [0.4, 0.5) is 5.13 Å². The van der Waals surface area contributed by atoms with E-state index in [4.69, 9.17) is 4.42 Å². The molecule has 136 valence electrons. The number of carbonyl (C=O) groups is 1. The fourth-order valence-corrected chi connectivity index (χ4v) is 4.17. The molecule has 1 amide bonds. The zero-order chi connectivity index (χ0) is 18.6. The number of nitrogens with one attached hydrogen (secondary N) is 1. The third-order valence-corrected chi connectivity index (χ3v) is 6.06. The van der Waals surface area contributed by atoms with Crippen LogP contribution in [-0.2, 0) is 21.4 Å². The summed E-state index contributed by atoms with van der Waals surface area (Å²) >= 11 is 1.26. The maximum absolute atomic E-state index is 13.0. The van der Waals surface area contributed by atoms with E-state index in [-0.39, 0.29) is 18.0 Å². The van der Waals surface area contributed by atoms with Crippen LogP contribution in [0.2, 0.25) is 0 Å². The summed E-state index contributed by atoms with van der Waals surface area (Å²) in [5, 5.41) is 4.74. The lowest BCUT2D eigenvalue weighted by atomic mass is 10.2. The number of sulfonamides is 1. The molecule has 0 spiro atoms. The first kappa shape index (κ1) is 18.3. The first-order valence-electron chi connectivity index (χ1n) is 7.74. The molecule has 0 atom stereocenters. The van der Waals surface area contributed by atoms with E-state index in [9.17, 15) is 13.2 Å². The van der Waals surface area contributed by atoms with E-state index < -0.39 is 15.9 Å². The van der Waals surface area contributed by atoms with Crippen molar-refractivity contribution in [3.63, 3.8) is 0 Å². The van der Waals surface area contributed by atoms with Gasteiger partial charge in [-0.05, 0) is 31.2 Å². The molecule has 0 aliphatic carbocycles. The lowest BCUT2D eigenvalue weighted by Crippen LogP contribution is -2.37. The molecule has 9 heteroatoms. The van der Waals surface area contributed by atoms with E-state index in [0.717, 1.165) is 9.87 Å². The van der Waals surface area contributed by atoms with E-state index in [1.807, 2.05) is 6.92 Å². The monoisotopic (exact) mass is 391 g/mol. The van der Waals surface area contributed by atoms with Gasteiger partial charge in [-0.15, -0.1) is 11.3 Å². The number of nitrogens with zero attached hydrogens (tertiary/aromatic N) is 2. The third-order valence-electron chi connectivity index (χ3n) is 3.57. The van der Waals surface area contributed by atoms with E-state index in [0.29, 0.717) is 10.9 Å². The van der Waals surface area contributed by atoms with Gasteiger partial charge in [0.05, 0.1) is 24.2 Å². The standard InChI is InChI=1S/C17H17N3O4S2/c1-13-4-6-15(7-5-13)26(22,23)20(11-14-3-2-9-24-14)12-16(21)19-17-18-8-10-25-17/h2-10H,11-12H2,1H3,(H,18,19,21). The Balaban J connectivity index is 1.84. The molecule has 3 aromatic rings. The zero-order valence-corrected chi connectivity index (χ0v) is 15.6. The first-order valence-corrected chi connectivity index (χ1v) is 10.1. The highest BCUT2D eigenvalue weighted by atomic mass is 32.2. The summed E-state index contributed by atoms with van der Waals surface area (Å²) < 4.78 is 32.3. The summed E-state index contributed by atoms with van der Waals surface area (Å²) in [7, 11) is -3.87. The maximum Gasteiger partial charge on any atom is 0.243 e. The number of aryl methyl sites for hydroxylation is 1. The predicted molar refractivity (Wildman–Crippen MR) is 98.2 cm³/mol. The van der Waals surface area contributed by atoms with Gasteiger partial charge < -0.3 is 9.73 Å². The summed E-state index contributed by atoms with van der Waals surface area (Å²) in [5.74, 6) is -0.0232. The Morgan fingerprint density at radius 3 is 2.65 bits per heavy atom. The van der Waals surface area contributed by atoms with Crippen molar-refractivity contribution in [2.24, 2.45) is 0 Å². The van der Waals surface area contributed by atoms with Gasteiger partial charge in [-0.2, -0.15) is 4.31 Å². The van der Waals surface area contributed by atoms with Crippen molar-refractivity contribution in [2.45, 2.75) is 18.4 Å². The normalized spacial score (nSPS) is 11.6. The molecule has 0 fully saturated rings. The lowest BCUT2D eigenvalue weighted by Gasteiger charge is -2.20. The molecule has 26 heavy (non-hydrogen) atoms. The molecule has 7 nitrogen and oxygen atoms in total. The largest absolute Gasteiger partial charge is 0.468 e. The van der Waals surface area contributed by atoms with Crippen molar-refractivity contribution in [3.8, 4) is 0 Å². The van der Waals surface area contributed by atoms with Crippen LogP contribution in [0.5, 0.6) is 0 Å². The van der Waals surface area contributed by atoms with Crippen LogP contribution in [0.15, 0.2) is 63.6 Å². The minimum Gasteiger partial charge on any atom is -0.468 e. The van der Waals surface area contributed by atoms with E-state index in [1.54, 1.807) is 35.8 Å². The Labute approximate surface area is 155 Å². The van der Waals surface area contributed by atoms with Crippen LogP contribution < -0.4 is 5.32 Å². The van der Waals surface area contributed by atoms with Gasteiger partial charge in [0.25, 0.3) is 0 Å². The number of carbonyl (C=O) groups excluding carboxylic acids is 1. The summed E-state index contributed by atoms with van der Waals surface area (Å²) in [5.41, 5.74) is 0.947. The van der Waals surface area contributed by atoms with Crippen LogP contribution in [0, 0.1) is 6.92 Å². The molecule has 1 N–H and O–H groups in total. The Morgan fingerprint density at radius 2 is 2.04 bits per heavy atom. The van der Waals surface area contributed by atoms with Crippen molar-refractivity contribution >= 4 is 32.4 Å². The molecule has 0 aliphatic rings. The average Bonchev–Trinajstić information content (AvgIpc) is 3.28. The maximum atomic E-state index is 13.0. The summed E-state index contributed by atoms with van der Waals surface area (Å²) in [6.07, 6.45) is 3.02. The van der Waals surface area contributed by atoms with Crippen LogP contribution in [0.1, 0.15) is 11.3 Å². The van der Waals surface area contributed by atoms with Gasteiger partial charge in [-0.3, -0.25) is 4.79 Å². The Morgan fingerprint density at radius 1 is 1.27 bits per heavy atom. The minimum atomic E-state index is -3.87. The zero-order valence-electron chi connectivity index (χ0n) is 14.0. The van der Waals surface area contributed by atoms with Crippen LogP contribution in [0.25, 0.3) is 0 Å². The Bertz CT molecular complexity index is 950. The lowest BCUT2D eigenvalue weighted by molar-refractivity contribution is -0.116. The van der Waals surface area contributed by atoms with Gasteiger partial charge in [0.15, 0.2) is 5.13 Å². The molecule has 0 radical (unpaired) electrons. The average molecular weight is 391 g/mol. The molecular weight excluding hydrogens is 374 g/mol. The summed E-state index contributed by atoms with van der Waals surface area (Å²) in [4.78, 5) is 16.4. The van der Waals surface area contributed by atoms with Gasteiger partial charge in [-0.1, -0.05) is 17.7 Å². The van der Waals surface area contributed by atoms with Gasteiger partial charge in [0.2, 0.25) is 15.9 Å². The second kappa shape index (κ2) is 7.81. The highest BCUT2D eigenvalue weighted by Gasteiger charge is 2.28. The van der Waals surface area contributed by atoms with Crippen LogP contribution in [-0.4, -0.2) is 30.2 Å². The molecule has 3 rings (SSSR count). The van der Waals surface area contributed by atoms with Crippen molar-refractivity contribution in [2.75, 3.05) is 11.9 Å². The first-order chi connectivity index (χ1) is 12.4. The van der Waals surface area contributed by atoms with Crippen molar-refractivity contribution < 1.29 is 17.6 Å². The Hall–Kier alpha value is -2.49. The molecular formula is C17H17N3O4S2. The molecule has 2 aromatic heterocycles. The van der Waals surface area contributed by atoms with Gasteiger partial charge in [0.1, 0.15) is 5.76 Å². The molecule has 2 heterocycles. The number of aromatic nitrogens is 1. The number of anilines is 1. The van der Waals surface area contributed by atoms with Gasteiger partial charge in [0, 0.05) is 11.6 Å². The van der Waals surface area contributed by atoms with E-state index >= 15 is 0 Å². The number of benzene rings is 1. The fraction of sp³-hybridized carbons (Fsp3) is 0.176. The summed E-state index contributed by atoms with van der Waals surface area (Å²) in [6, 6.07) is 9.82. The number of amides is 1. The number of hydrogen-bond donors (Lipinski definition) is 1. The molecule has 1 aromatic carbocycles. The Kier molecular flexibility index (Phi) is 5.50. The third kappa shape index (κ3) is 4.37. The topological polar surface area (TPSA) is 92.5 Å². The van der Waals surface area contributed by atoms with E-state index in [2.05, 4.69) is 10.3 Å². The van der Waals surface area contributed by atoms with Gasteiger partial charge in [-0.25, -0.2) is 13.4 Å². The molecule has 0 saturated heterocycles. The quantitative estimate of drug-likeness (QED) is 0.668. The molecule has 0 bridgehead atoms. The number of hydrogen-bond acceptors (Lipinski definition) is 6. The van der Waals surface area contributed by atoms with E-state index in [1.165, 1.54) is 29.7 Å². The summed E-state index contributed by atoms with van der Waals surface area (Å²) in [6.45, 7) is 1.48. The minimum absolute atomic E-state index is 0.0471. The molecule has 0 unspecified atom stereocenters. The number of rotatable bonds is 7. The fourth-order valence-electron chi connectivity index (χ4n) is 2.27. The highest BCUT2D eigenvalue weighted by Crippen LogP contribution is 2.20. The van der Waals surface area contributed by atoms with Crippen molar-refractivity contribution in [1.29, 1.82) is 0 Å². The van der Waals surface area contributed by atoms with Crippen LogP contribution >= 0.6 is 11.3 Å². The second-order valence-corrected chi connectivity index (χ2v) is 8.38. The van der Waals surface area contributed by atoms with Crippen molar-refractivity contribution in [1.82, 2.24) is 9.29 Å². The second-order valence-electron chi connectivity index (χ2n) is 5.55. The van der Waals surface area contributed by atoms with Crippen molar-refractivity contribution in [3.05, 3.63) is 65.6 Å². The molecule has 0 aliphatic heterocycles. The predicted octanol–water partition coefficient (Wildman–Crippen LogP) is 2.87. The number of furan rings is 1. The van der Waals surface area contributed by atoms with Crippen LogP contribution in [0.3, 0.4) is 0 Å². The molecule has 0 saturated carbocycles. The smallest absolute Gasteiger partial charge is 0.243 e.